The van der Waals surface area contributed by atoms with Gasteiger partial charge < -0.3 is 15.2 Å². The molecule has 0 aliphatic heterocycles. The first-order valence-corrected chi connectivity index (χ1v) is 5.24. The van der Waals surface area contributed by atoms with Gasteiger partial charge in [0.25, 0.3) is 0 Å². The Morgan fingerprint density at radius 1 is 1.21 bits per heavy atom. The molecule has 0 amide bonds. The summed E-state index contributed by atoms with van der Waals surface area (Å²) in [4.78, 5) is 11.0. The van der Waals surface area contributed by atoms with Gasteiger partial charge in [0.1, 0.15) is 6.61 Å². The molecule has 0 saturated carbocycles. The van der Waals surface area contributed by atoms with Crippen LogP contribution in [0.25, 0.3) is 0 Å². The van der Waals surface area contributed by atoms with Crippen molar-refractivity contribution >= 4 is 5.97 Å². The fourth-order valence-corrected chi connectivity index (χ4v) is 0.995. The van der Waals surface area contributed by atoms with E-state index in [1.165, 1.54) is 12.8 Å². The molecule has 0 aromatic heterocycles. The Balaban J connectivity index is 3.10. The number of carbonyl (C=O) groups excluding carboxylic acids is 1. The number of esters is 1. The standard InChI is InChI=1S/C10H21NO3/c1-2-3-4-5-7-14-10(12)9-13-8-6-11/h2-9,11H2,1H3. The topological polar surface area (TPSA) is 61.5 Å². The molecule has 0 bridgehead atoms. The molecule has 0 aromatic rings. The summed E-state index contributed by atoms with van der Waals surface area (Å²) in [7, 11) is 0. The minimum Gasteiger partial charge on any atom is -0.464 e. The number of hydrogen-bond acceptors (Lipinski definition) is 4. The summed E-state index contributed by atoms with van der Waals surface area (Å²) in [6.07, 6.45) is 4.44. The summed E-state index contributed by atoms with van der Waals surface area (Å²) in [5.41, 5.74) is 5.19. The van der Waals surface area contributed by atoms with Crippen LogP contribution in [0.5, 0.6) is 0 Å². The highest BCUT2D eigenvalue weighted by atomic mass is 16.6. The average Bonchev–Trinajstić information content (AvgIpc) is 2.18. The van der Waals surface area contributed by atoms with Crippen molar-refractivity contribution in [2.45, 2.75) is 32.6 Å². The van der Waals surface area contributed by atoms with Gasteiger partial charge in [0.2, 0.25) is 0 Å². The van der Waals surface area contributed by atoms with Crippen molar-refractivity contribution in [3.8, 4) is 0 Å². The normalized spacial score (nSPS) is 10.1. The fraction of sp³-hybridized carbons (Fsp3) is 0.900. The van der Waals surface area contributed by atoms with Gasteiger partial charge in [-0.2, -0.15) is 0 Å². The SMILES string of the molecule is CCCCCCOC(=O)COCCN. The first kappa shape index (κ1) is 13.4. The Morgan fingerprint density at radius 2 is 2.00 bits per heavy atom. The molecule has 0 aliphatic carbocycles. The Morgan fingerprint density at radius 3 is 2.64 bits per heavy atom. The summed E-state index contributed by atoms with van der Waals surface area (Å²) in [5, 5.41) is 0. The minimum absolute atomic E-state index is 0.0188. The van der Waals surface area contributed by atoms with Gasteiger partial charge in [0.15, 0.2) is 0 Å². The Bertz CT molecular complexity index is 139. The van der Waals surface area contributed by atoms with Crippen LogP contribution in [0, 0.1) is 0 Å². The molecule has 84 valence electrons. The molecule has 0 spiro atoms. The van der Waals surface area contributed by atoms with E-state index >= 15 is 0 Å². The van der Waals surface area contributed by atoms with E-state index in [0.717, 1.165) is 12.8 Å². The quantitative estimate of drug-likeness (QED) is 0.450. The molecule has 0 atom stereocenters. The maximum absolute atomic E-state index is 11.0. The third-order valence-electron chi connectivity index (χ3n) is 1.74. The van der Waals surface area contributed by atoms with Gasteiger partial charge in [0, 0.05) is 6.54 Å². The van der Waals surface area contributed by atoms with E-state index in [1.54, 1.807) is 0 Å². The van der Waals surface area contributed by atoms with Gasteiger partial charge in [0.05, 0.1) is 13.2 Å². The van der Waals surface area contributed by atoms with Crippen molar-refractivity contribution in [2.24, 2.45) is 5.73 Å². The van der Waals surface area contributed by atoms with E-state index < -0.39 is 0 Å². The zero-order valence-electron chi connectivity index (χ0n) is 8.96. The highest BCUT2D eigenvalue weighted by Crippen LogP contribution is 1.98. The molecule has 0 radical (unpaired) electrons. The molecule has 4 nitrogen and oxygen atoms in total. The summed E-state index contributed by atoms with van der Waals surface area (Å²) in [6.45, 7) is 3.51. The Kier molecular flexibility index (Phi) is 10.0. The monoisotopic (exact) mass is 203 g/mol. The van der Waals surface area contributed by atoms with Crippen LogP contribution >= 0.6 is 0 Å². The highest BCUT2D eigenvalue weighted by Gasteiger charge is 2.01. The average molecular weight is 203 g/mol. The van der Waals surface area contributed by atoms with Crippen LogP contribution in [0.15, 0.2) is 0 Å². The third kappa shape index (κ3) is 9.48. The molecule has 0 aliphatic rings. The zero-order valence-corrected chi connectivity index (χ0v) is 8.96. The summed E-state index contributed by atoms with van der Waals surface area (Å²) in [6, 6.07) is 0. The first-order valence-electron chi connectivity index (χ1n) is 5.24. The van der Waals surface area contributed by atoms with Crippen LogP contribution < -0.4 is 5.73 Å². The second-order valence-corrected chi connectivity index (χ2v) is 3.12. The zero-order chi connectivity index (χ0) is 10.6. The van der Waals surface area contributed by atoms with E-state index in [9.17, 15) is 4.79 Å². The lowest BCUT2D eigenvalue weighted by Crippen LogP contribution is -2.17. The lowest BCUT2D eigenvalue weighted by atomic mass is 10.2. The van der Waals surface area contributed by atoms with E-state index in [-0.39, 0.29) is 12.6 Å². The molecule has 14 heavy (non-hydrogen) atoms. The Hall–Kier alpha value is -0.610. The maximum atomic E-state index is 11.0. The molecule has 0 fully saturated rings. The second-order valence-electron chi connectivity index (χ2n) is 3.12. The number of carbonyl (C=O) groups is 1. The third-order valence-corrected chi connectivity index (χ3v) is 1.74. The van der Waals surface area contributed by atoms with Crippen LogP contribution in [-0.4, -0.2) is 32.3 Å². The number of ether oxygens (including phenoxy) is 2. The van der Waals surface area contributed by atoms with Crippen molar-refractivity contribution in [2.75, 3.05) is 26.4 Å². The van der Waals surface area contributed by atoms with Gasteiger partial charge in [-0.25, -0.2) is 4.79 Å². The molecule has 0 rings (SSSR count). The fourth-order valence-electron chi connectivity index (χ4n) is 0.995. The van der Waals surface area contributed by atoms with Crippen molar-refractivity contribution < 1.29 is 14.3 Å². The van der Waals surface area contributed by atoms with Gasteiger partial charge in [-0.05, 0) is 6.42 Å². The van der Waals surface area contributed by atoms with Gasteiger partial charge in [-0.1, -0.05) is 26.2 Å². The predicted octanol–water partition coefficient (Wildman–Crippen LogP) is 1.09. The Labute approximate surface area is 85.8 Å². The lowest BCUT2D eigenvalue weighted by Gasteiger charge is -2.04. The van der Waals surface area contributed by atoms with E-state index in [2.05, 4.69) is 6.92 Å². The number of rotatable bonds is 9. The highest BCUT2D eigenvalue weighted by molar-refractivity contribution is 5.70. The minimum atomic E-state index is -0.296. The first-order chi connectivity index (χ1) is 6.81. The van der Waals surface area contributed by atoms with Crippen molar-refractivity contribution in [3.63, 3.8) is 0 Å². The van der Waals surface area contributed by atoms with Crippen molar-refractivity contribution in [1.82, 2.24) is 0 Å². The summed E-state index contributed by atoms with van der Waals surface area (Å²) >= 11 is 0. The van der Waals surface area contributed by atoms with E-state index in [0.29, 0.717) is 19.8 Å². The molecule has 0 saturated heterocycles. The molecule has 0 heterocycles. The number of unbranched alkanes of at least 4 members (excludes halogenated alkanes) is 3. The number of nitrogens with two attached hydrogens (primary N) is 1. The number of hydrogen-bond donors (Lipinski definition) is 1. The molecule has 0 unspecified atom stereocenters. The largest absolute Gasteiger partial charge is 0.464 e. The molecule has 4 heteroatoms. The van der Waals surface area contributed by atoms with Crippen LogP contribution in [0.3, 0.4) is 0 Å². The van der Waals surface area contributed by atoms with Crippen LogP contribution in [0.1, 0.15) is 32.6 Å². The van der Waals surface area contributed by atoms with Crippen LogP contribution in [-0.2, 0) is 14.3 Å². The smallest absolute Gasteiger partial charge is 0.332 e. The second kappa shape index (κ2) is 10.5. The predicted molar refractivity (Wildman–Crippen MR) is 55.0 cm³/mol. The summed E-state index contributed by atoms with van der Waals surface area (Å²) in [5.74, 6) is -0.296. The van der Waals surface area contributed by atoms with Gasteiger partial charge >= 0.3 is 5.97 Å². The molecule has 0 aromatic carbocycles. The molecular weight excluding hydrogens is 182 g/mol. The maximum Gasteiger partial charge on any atom is 0.332 e. The molecule has 2 N–H and O–H groups in total. The van der Waals surface area contributed by atoms with Crippen LogP contribution in [0.2, 0.25) is 0 Å². The van der Waals surface area contributed by atoms with Crippen molar-refractivity contribution in [3.05, 3.63) is 0 Å². The molecular formula is C10H21NO3. The van der Waals surface area contributed by atoms with Crippen molar-refractivity contribution in [1.29, 1.82) is 0 Å². The van der Waals surface area contributed by atoms with E-state index in [4.69, 9.17) is 15.2 Å². The van der Waals surface area contributed by atoms with Gasteiger partial charge in [-0.3, -0.25) is 0 Å². The van der Waals surface area contributed by atoms with Gasteiger partial charge in [-0.15, -0.1) is 0 Å². The van der Waals surface area contributed by atoms with Crippen LogP contribution in [0.4, 0.5) is 0 Å². The summed E-state index contributed by atoms with van der Waals surface area (Å²) < 4.78 is 9.85. The van der Waals surface area contributed by atoms with E-state index in [1.807, 2.05) is 0 Å². The lowest BCUT2D eigenvalue weighted by molar-refractivity contribution is -0.148.